The maximum absolute atomic E-state index is 14.0. The molecule has 0 saturated carbocycles. The van der Waals surface area contributed by atoms with Crippen LogP contribution in [0.3, 0.4) is 0 Å². The lowest BCUT2D eigenvalue weighted by Crippen LogP contribution is -2.29. The summed E-state index contributed by atoms with van der Waals surface area (Å²) in [6.07, 6.45) is 3.50. The normalized spacial score (nSPS) is 13.3. The molecule has 3 rings (SSSR count). The lowest BCUT2D eigenvalue weighted by molar-refractivity contribution is 0.0952. The quantitative estimate of drug-likeness (QED) is 0.790. The van der Waals surface area contributed by atoms with Crippen LogP contribution in [0.4, 0.5) is 10.1 Å². The first-order chi connectivity index (χ1) is 12.5. The molecule has 1 aliphatic heterocycles. The predicted octanol–water partition coefficient (Wildman–Crippen LogP) is 1.41. The van der Waals surface area contributed by atoms with Gasteiger partial charge in [0.1, 0.15) is 11.6 Å². The molecule has 1 amide bonds. The zero-order valence-electron chi connectivity index (χ0n) is 15.2. The molecular weight excluding hydrogens is 337 g/mol. The number of nitrogens with one attached hydrogen (secondary N) is 1. The number of halogens is 1. The molecule has 1 aromatic carbocycles. The number of benzene rings is 1. The van der Waals surface area contributed by atoms with Gasteiger partial charge in [-0.2, -0.15) is 5.10 Å². The van der Waals surface area contributed by atoms with E-state index in [1.807, 2.05) is 0 Å². The monoisotopic (exact) mass is 361 g/mol. The van der Waals surface area contributed by atoms with E-state index in [1.165, 1.54) is 10.7 Å². The first-order valence-corrected chi connectivity index (χ1v) is 8.89. The Bertz CT molecular complexity index is 856. The Hall–Kier alpha value is -2.64. The average Bonchev–Trinajstić information content (AvgIpc) is 2.94. The molecule has 0 saturated heterocycles. The molecule has 0 radical (unpaired) electrons. The van der Waals surface area contributed by atoms with Crippen LogP contribution < -0.4 is 15.9 Å². The lowest BCUT2D eigenvalue weighted by atomic mass is 10.1. The second-order valence-corrected chi connectivity index (χ2v) is 6.70. The zero-order chi connectivity index (χ0) is 18.7. The van der Waals surface area contributed by atoms with Crippen LogP contribution in [0.15, 0.2) is 23.0 Å². The van der Waals surface area contributed by atoms with Gasteiger partial charge in [-0.15, -0.1) is 0 Å². The number of rotatable bonds is 6. The number of fused-ring (bicyclic) bond motifs is 1. The number of hydrogen-bond donors (Lipinski definition) is 1. The molecule has 1 N–H and O–H groups in total. The summed E-state index contributed by atoms with van der Waals surface area (Å²) >= 11 is 0. The molecule has 0 spiro atoms. The van der Waals surface area contributed by atoms with Gasteiger partial charge in [-0.25, -0.2) is 13.9 Å². The number of carbonyl (C=O) groups excluding carboxylic acids is 1. The molecule has 0 bridgehead atoms. The van der Waals surface area contributed by atoms with Crippen LogP contribution >= 0.6 is 0 Å². The Kier molecular flexibility index (Phi) is 5.39. The zero-order valence-corrected chi connectivity index (χ0v) is 15.2. The fourth-order valence-electron chi connectivity index (χ4n) is 3.14. The van der Waals surface area contributed by atoms with Crippen molar-refractivity contribution in [3.8, 4) is 0 Å². The number of anilines is 1. The number of carbonyl (C=O) groups is 1. The third-order valence-corrected chi connectivity index (χ3v) is 4.56. The minimum Gasteiger partial charge on any atom is -0.375 e. The molecule has 0 atom stereocenters. The SMILES string of the molecule is CN(C)c1ccc(C(=O)NCCCn2nc3n(c2=O)CCCC3)cc1F. The molecule has 2 heterocycles. The van der Waals surface area contributed by atoms with Crippen LogP contribution in [0, 0.1) is 5.82 Å². The second kappa shape index (κ2) is 7.72. The fraction of sp³-hybridized carbons (Fsp3) is 0.500. The summed E-state index contributed by atoms with van der Waals surface area (Å²) in [5, 5.41) is 7.12. The maximum Gasteiger partial charge on any atom is 0.345 e. The topological polar surface area (TPSA) is 72.2 Å². The van der Waals surface area contributed by atoms with Crippen LogP contribution in [0.1, 0.15) is 35.4 Å². The largest absolute Gasteiger partial charge is 0.375 e. The van der Waals surface area contributed by atoms with Gasteiger partial charge < -0.3 is 10.2 Å². The standard InChI is InChI=1S/C18H24FN5O2/c1-22(2)15-8-7-13(12-14(15)19)17(25)20-9-5-11-24-18(26)23-10-4-3-6-16(23)21-24/h7-8,12H,3-6,9-11H2,1-2H3,(H,20,25). The summed E-state index contributed by atoms with van der Waals surface area (Å²) < 4.78 is 17.2. The van der Waals surface area contributed by atoms with Crippen molar-refractivity contribution in [3.63, 3.8) is 0 Å². The Balaban J connectivity index is 1.52. The van der Waals surface area contributed by atoms with Gasteiger partial charge in [0, 0.05) is 45.7 Å². The fourth-order valence-corrected chi connectivity index (χ4v) is 3.14. The lowest BCUT2D eigenvalue weighted by Gasteiger charge is -2.14. The molecule has 0 fully saturated rings. The minimum absolute atomic E-state index is 0.0765. The van der Waals surface area contributed by atoms with Crippen molar-refractivity contribution in [3.05, 3.63) is 45.9 Å². The molecule has 8 heteroatoms. The van der Waals surface area contributed by atoms with Gasteiger partial charge in [0.25, 0.3) is 5.91 Å². The highest BCUT2D eigenvalue weighted by molar-refractivity contribution is 5.94. The highest BCUT2D eigenvalue weighted by Crippen LogP contribution is 2.18. The van der Waals surface area contributed by atoms with E-state index < -0.39 is 5.82 Å². The highest BCUT2D eigenvalue weighted by atomic mass is 19.1. The van der Waals surface area contributed by atoms with Crippen LogP contribution in [-0.4, -0.2) is 40.9 Å². The summed E-state index contributed by atoms with van der Waals surface area (Å²) in [6, 6.07) is 4.42. The van der Waals surface area contributed by atoms with E-state index in [-0.39, 0.29) is 17.2 Å². The van der Waals surface area contributed by atoms with Crippen molar-refractivity contribution < 1.29 is 9.18 Å². The summed E-state index contributed by atoms with van der Waals surface area (Å²) in [4.78, 5) is 26.0. The molecule has 0 unspecified atom stereocenters. The number of amides is 1. The summed E-state index contributed by atoms with van der Waals surface area (Å²) in [5.74, 6) is 0.0882. The highest BCUT2D eigenvalue weighted by Gasteiger charge is 2.16. The van der Waals surface area contributed by atoms with Gasteiger partial charge >= 0.3 is 5.69 Å². The van der Waals surface area contributed by atoms with Gasteiger partial charge in [0.05, 0.1) is 5.69 Å². The van der Waals surface area contributed by atoms with Gasteiger partial charge in [-0.05, 0) is 37.5 Å². The van der Waals surface area contributed by atoms with Crippen LogP contribution in [0.25, 0.3) is 0 Å². The Morgan fingerprint density at radius 2 is 2.15 bits per heavy atom. The van der Waals surface area contributed by atoms with Crippen molar-refractivity contribution in [2.24, 2.45) is 0 Å². The summed E-state index contributed by atoms with van der Waals surface area (Å²) in [7, 11) is 3.49. The first kappa shape index (κ1) is 18.2. The number of aryl methyl sites for hydroxylation is 2. The smallest absolute Gasteiger partial charge is 0.345 e. The third-order valence-electron chi connectivity index (χ3n) is 4.56. The summed E-state index contributed by atoms with van der Waals surface area (Å²) in [6.45, 7) is 1.58. The molecule has 140 valence electrons. The molecule has 1 aromatic heterocycles. The van der Waals surface area contributed by atoms with Crippen molar-refractivity contribution in [1.82, 2.24) is 19.7 Å². The van der Waals surface area contributed by atoms with Gasteiger partial charge in [-0.1, -0.05) is 0 Å². The van der Waals surface area contributed by atoms with E-state index in [0.29, 0.717) is 25.2 Å². The van der Waals surface area contributed by atoms with Crippen molar-refractivity contribution in [2.45, 2.75) is 38.8 Å². The maximum atomic E-state index is 14.0. The second-order valence-electron chi connectivity index (χ2n) is 6.70. The Morgan fingerprint density at radius 3 is 2.85 bits per heavy atom. The third kappa shape index (κ3) is 3.79. The van der Waals surface area contributed by atoms with Crippen LogP contribution in [0.2, 0.25) is 0 Å². The van der Waals surface area contributed by atoms with E-state index in [1.54, 1.807) is 35.7 Å². The van der Waals surface area contributed by atoms with E-state index >= 15 is 0 Å². The van der Waals surface area contributed by atoms with Crippen LogP contribution in [-0.2, 0) is 19.5 Å². The molecule has 0 aliphatic carbocycles. The van der Waals surface area contributed by atoms with E-state index in [0.717, 1.165) is 31.6 Å². The Morgan fingerprint density at radius 1 is 1.35 bits per heavy atom. The van der Waals surface area contributed by atoms with E-state index in [2.05, 4.69) is 10.4 Å². The molecule has 26 heavy (non-hydrogen) atoms. The number of aromatic nitrogens is 3. The average molecular weight is 361 g/mol. The van der Waals surface area contributed by atoms with Gasteiger partial charge in [0.15, 0.2) is 0 Å². The van der Waals surface area contributed by atoms with Crippen molar-refractivity contribution >= 4 is 11.6 Å². The number of nitrogens with zero attached hydrogens (tertiary/aromatic N) is 4. The minimum atomic E-state index is -0.433. The predicted molar refractivity (Wildman–Crippen MR) is 97.1 cm³/mol. The van der Waals surface area contributed by atoms with Gasteiger partial charge in [-0.3, -0.25) is 9.36 Å². The van der Waals surface area contributed by atoms with Crippen molar-refractivity contribution in [2.75, 3.05) is 25.5 Å². The summed E-state index contributed by atoms with van der Waals surface area (Å²) in [5.41, 5.74) is 0.639. The first-order valence-electron chi connectivity index (χ1n) is 8.89. The Labute approximate surface area is 151 Å². The molecule has 2 aromatic rings. The van der Waals surface area contributed by atoms with E-state index in [9.17, 15) is 14.0 Å². The molecule has 7 nitrogen and oxygen atoms in total. The van der Waals surface area contributed by atoms with Gasteiger partial charge in [0.2, 0.25) is 0 Å². The number of hydrogen-bond acceptors (Lipinski definition) is 4. The molecular formula is C18H24FN5O2. The molecule has 1 aliphatic rings. The van der Waals surface area contributed by atoms with E-state index in [4.69, 9.17) is 0 Å². The van der Waals surface area contributed by atoms with Crippen LogP contribution in [0.5, 0.6) is 0 Å². The van der Waals surface area contributed by atoms with Crippen molar-refractivity contribution in [1.29, 1.82) is 0 Å².